The molecule has 2 aromatic carbocycles. The van der Waals surface area contributed by atoms with E-state index >= 15 is 0 Å². The number of fused-ring (bicyclic) bond motifs is 1. The lowest BCUT2D eigenvalue weighted by Crippen LogP contribution is -2.47. The second-order valence-corrected chi connectivity index (χ2v) is 8.45. The van der Waals surface area contributed by atoms with Gasteiger partial charge in [0.1, 0.15) is 11.3 Å². The molecule has 1 saturated heterocycles. The molecule has 2 heterocycles. The predicted molar refractivity (Wildman–Crippen MR) is 117 cm³/mol. The average Bonchev–Trinajstić information content (AvgIpc) is 3.17. The zero-order chi connectivity index (χ0) is 21.3. The van der Waals surface area contributed by atoms with Gasteiger partial charge in [0.15, 0.2) is 0 Å². The fourth-order valence-electron chi connectivity index (χ4n) is 4.31. The molecule has 3 aromatic rings. The maximum atomic E-state index is 14.2. The molecule has 30 heavy (non-hydrogen) atoms. The average molecular weight is 409 g/mol. The summed E-state index contributed by atoms with van der Waals surface area (Å²) in [5.74, 6) is -0.217. The van der Waals surface area contributed by atoms with Crippen LogP contribution in [0.5, 0.6) is 0 Å². The first-order valence-electron chi connectivity index (χ1n) is 10.6. The van der Waals surface area contributed by atoms with Crippen LogP contribution in [-0.2, 0) is 6.54 Å². The number of aromatic nitrogens is 2. The molecule has 0 radical (unpaired) electrons. The molecule has 0 spiro atoms. The lowest BCUT2D eigenvalue weighted by Gasteiger charge is -2.38. The number of para-hydroxylation sites is 1. The first-order chi connectivity index (χ1) is 14.4. The molecule has 1 fully saturated rings. The van der Waals surface area contributed by atoms with Crippen molar-refractivity contribution in [1.29, 1.82) is 0 Å². The van der Waals surface area contributed by atoms with Crippen molar-refractivity contribution in [2.75, 3.05) is 20.1 Å². The fraction of sp³-hybridized carbons (Fsp3) is 0.417. The number of carbonyl (C=O) groups is 1. The topological polar surface area (TPSA) is 41.4 Å². The van der Waals surface area contributed by atoms with Gasteiger partial charge in [-0.05, 0) is 56.5 Å². The van der Waals surface area contributed by atoms with Crippen molar-refractivity contribution in [2.45, 2.75) is 45.3 Å². The molecule has 0 N–H and O–H groups in total. The lowest BCUT2D eigenvalue weighted by atomic mass is 10.0. The Morgan fingerprint density at radius 2 is 1.87 bits per heavy atom. The summed E-state index contributed by atoms with van der Waals surface area (Å²) in [6, 6.07) is 13.4. The van der Waals surface area contributed by atoms with Crippen molar-refractivity contribution in [2.24, 2.45) is 0 Å². The Morgan fingerprint density at radius 3 is 2.53 bits per heavy atom. The highest BCUT2D eigenvalue weighted by atomic mass is 19.1. The number of hydrogen-bond acceptors (Lipinski definition) is 3. The van der Waals surface area contributed by atoms with Gasteiger partial charge in [-0.2, -0.15) is 0 Å². The molecule has 6 heteroatoms. The lowest BCUT2D eigenvalue weighted by molar-refractivity contribution is 0.0615. The van der Waals surface area contributed by atoms with Crippen LogP contribution in [0.15, 0.2) is 48.8 Å². The molecule has 1 aromatic heterocycles. The van der Waals surface area contributed by atoms with Crippen molar-refractivity contribution in [3.8, 4) is 0 Å². The summed E-state index contributed by atoms with van der Waals surface area (Å²) in [5.41, 5.74) is 2.84. The summed E-state index contributed by atoms with van der Waals surface area (Å²) in [6.45, 7) is 7.02. The Balaban J connectivity index is 1.42. The standard InChI is InChI=1S/C24H29FN4O/c1-17(2)28-13-11-20(12-14-28)27(3)24(30)19-9-7-18(8-10-19)15-29-16-26-22-6-4-5-21(25)23(22)29/h4-10,16-17,20H,11-15H2,1-3H3. The summed E-state index contributed by atoms with van der Waals surface area (Å²) in [5, 5.41) is 0. The third kappa shape index (κ3) is 4.10. The highest BCUT2D eigenvalue weighted by molar-refractivity contribution is 5.94. The van der Waals surface area contributed by atoms with E-state index in [1.54, 1.807) is 23.0 Å². The number of benzene rings is 2. The first-order valence-corrected chi connectivity index (χ1v) is 10.6. The summed E-state index contributed by atoms with van der Waals surface area (Å²) in [7, 11) is 1.91. The summed E-state index contributed by atoms with van der Waals surface area (Å²) >= 11 is 0. The highest BCUT2D eigenvalue weighted by Gasteiger charge is 2.26. The zero-order valence-electron chi connectivity index (χ0n) is 17.9. The molecule has 0 unspecified atom stereocenters. The Morgan fingerprint density at radius 1 is 1.17 bits per heavy atom. The van der Waals surface area contributed by atoms with Crippen molar-refractivity contribution in [3.63, 3.8) is 0 Å². The molecule has 158 valence electrons. The quantitative estimate of drug-likeness (QED) is 0.636. The molecule has 0 saturated carbocycles. The van der Waals surface area contributed by atoms with Crippen LogP contribution in [0.2, 0.25) is 0 Å². The Kier molecular flexibility index (Phi) is 5.86. The van der Waals surface area contributed by atoms with Crippen molar-refractivity contribution in [1.82, 2.24) is 19.4 Å². The maximum absolute atomic E-state index is 14.2. The van der Waals surface area contributed by atoms with Gasteiger partial charge >= 0.3 is 0 Å². The number of likely N-dealkylation sites (tertiary alicyclic amines) is 1. The highest BCUT2D eigenvalue weighted by Crippen LogP contribution is 2.21. The molecule has 1 aliphatic heterocycles. The Hall–Kier alpha value is -2.73. The van der Waals surface area contributed by atoms with Crippen LogP contribution in [0.1, 0.15) is 42.6 Å². The van der Waals surface area contributed by atoms with E-state index in [-0.39, 0.29) is 17.8 Å². The SMILES string of the molecule is CC(C)N1CCC(N(C)C(=O)c2ccc(Cn3cnc4cccc(F)c43)cc2)CC1. The number of amides is 1. The van der Waals surface area contributed by atoms with Gasteiger partial charge in [0.25, 0.3) is 5.91 Å². The van der Waals surface area contributed by atoms with Crippen molar-refractivity contribution in [3.05, 3.63) is 65.7 Å². The third-order valence-corrected chi connectivity index (χ3v) is 6.24. The fourth-order valence-corrected chi connectivity index (χ4v) is 4.31. The van der Waals surface area contributed by atoms with Crippen LogP contribution in [0.25, 0.3) is 11.0 Å². The van der Waals surface area contributed by atoms with Crippen LogP contribution >= 0.6 is 0 Å². The second kappa shape index (κ2) is 8.56. The first kappa shape index (κ1) is 20.5. The van der Waals surface area contributed by atoms with E-state index < -0.39 is 0 Å². The van der Waals surface area contributed by atoms with Gasteiger partial charge in [0.05, 0.1) is 11.8 Å². The Labute approximate surface area is 177 Å². The molecule has 4 rings (SSSR count). The van der Waals surface area contributed by atoms with Gasteiger partial charge in [-0.25, -0.2) is 9.37 Å². The molecule has 1 aliphatic rings. The number of piperidine rings is 1. The van der Waals surface area contributed by atoms with E-state index in [1.165, 1.54) is 6.07 Å². The number of imidazole rings is 1. The van der Waals surface area contributed by atoms with Gasteiger partial charge in [0.2, 0.25) is 0 Å². The number of nitrogens with zero attached hydrogens (tertiary/aromatic N) is 4. The molecule has 1 amide bonds. The number of carbonyl (C=O) groups excluding carboxylic acids is 1. The number of rotatable bonds is 5. The molecular weight excluding hydrogens is 379 g/mol. The predicted octanol–water partition coefficient (Wildman–Crippen LogP) is 4.17. The minimum atomic E-state index is -0.276. The van der Waals surface area contributed by atoms with E-state index in [0.29, 0.717) is 29.2 Å². The van der Waals surface area contributed by atoms with Gasteiger partial charge in [-0.1, -0.05) is 18.2 Å². The Bertz CT molecular complexity index is 1020. The van der Waals surface area contributed by atoms with Crippen LogP contribution in [0.3, 0.4) is 0 Å². The zero-order valence-corrected chi connectivity index (χ0v) is 17.9. The van der Waals surface area contributed by atoms with Crippen LogP contribution in [-0.4, -0.2) is 57.5 Å². The summed E-state index contributed by atoms with van der Waals surface area (Å²) < 4.78 is 16.0. The van der Waals surface area contributed by atoms with E-state index in [2.05, 4.69) is 23.7 Å². The van der Waals surface area contributed by atoms with Crippen LogP contribution in [0, 0.1) is 5.82 Å². The van der Waals surface area contributed by atoms with E-state index in [9.17, 15) is 9.18 Å². The van der Waals surface area contributed by atoms with E-state index in [4.69, 9.17) is 0 Å². The van der Waals surface area contributed by atoms with E-state index in [0.717, 1.165) is 31.5 Å². The van der Waals surface area contributed by atoms with Crippen molar-refractivity contribution < 1.29 is 9.18 Å². The third-order valence-electron chi connectivity index (χ3n) is 6.24. The minimum Gasteiger partial charge on any atom is -0.339 e. The molecule has 0 bridgehead atoms. The number of hydrogen-bond donors (Lipinski definition) is 0. The smallest absolute Gasteiger partial charge is 0.253 e. The molecular formula is C24H29FN4O. The second-order valence-electron chi connectivity index (χ2n) is 8.45. The number of halogens is 1. The van der Waals surface area contributed by atoms with Crippen molar-refractivity contribution >= 4 is 16.9 Å². The van der Waals surface area contributed by atoms with Crippen LogP contribution < -0.4 is 0 Å². The van der Waals surface area contributed by atoms with Gasteiger partial charge in [0, 0.05) is 44.3 Å². The van der Waals surface area contributed by atoms with Gasteiger partial charge in [-0.15, -0.1) is 0 Å². The summed E-state index contributed by atoms with van der Waals surface area (Å²) in [6.07, 6.45) is 3.68. The largest absolute Gasteiger partial charge is 0.339 e. The summed E-state index contributed by atoms with van der Waals surface area (Å²) in [4.78, 5) is 21.6. The molecule has 5 nitrogen and oxygen atoms in total. The van der Waals surface area contributed by atoms with Gasteiger partial charge < -0.3 is 14.4 Å². The van der Waals surface area contributed by atoms with Gasteiger partial charge in [-0.3, -0.25) is 4.79 Å². The van der Waals surface area contributed by atoms with E-state index in [1.807, 2.05) is 36.2 Å². The maximum Gasteiger partial charge on any atom is 0.253 e. The van der Waals surface area contributed by atoms with Crippen LogP contribution in [0.4, 0.5) is 4.39 Å². The monoisotopic (exact) mass is 408 g/mol. The molecule has 0 atom stereocenters. The normalized spacial score (nSPS) is 15.8. The molecule has 0 aliphatic carbocycles. The minimum absolute atomic E-state index is 0.0590.